The van der Waals surface area contributed by atoms with Crippen LogP contribution in [-0.4, -0.2) is 61.9 Å². The number of nitrogens with zero attached hydrogens (tertiary/aromatic N) is 5. The number of benzene rings is 2. The van der Waals surface area contributed by atoms with Crippen LogP contribution in [-0.2, 0) is 24.5 Å². The molecule has 4 rings (SSSR count). The number of aromatic nitrogens is 3. The number of halogens is 1. The molecule has 1 saturated heterocycles. The lowest BCUT2D eigenvalue weighted by Crippen LogP contribution is -2.50. The molecular weight excluding hydrogens is 465 g/mol. The number of ether oxygens (including phenoxy) is 1. The normalized spacial score (nSPS) is 15.1. The Labute approximate surface area is 209 Å². The second-order valence-corrected chi connectivity index (χ2v) is 9.70. The van der Waals surface area contributed by atoms with Crippen LogP contribution in [0, 0.1) is 5.82 Å². The predicted octanol–water partition coefficient (Wildman–Crippen LogP) is 4.01. The van der Waals surface area contributed by atoms with Crippen LogP contribution in [0.3, 0.4) is 0 Å². The van der Waals surface area contributed by atoms with Crippen molar-refractivity contribution in [1.82, 2.24) is 24.6 Å². The first-order chi connectivity index (χ1) is 17.0. The molecule has 184 valence electrons. The summed E-state index contributed by atoms with van der Waals surface area (Å²) in [4.78, 5) is 17.5. The van der Waals surface area contributed by atoms with Gasteiger partial charge in [-0.05, 0) is 36.8 Å². The maximum atomic E-state index is 13.1. The van der Waals surface area contributed by atoms with Gasteiger partial charge in [-0.2, -0.15) is 0 Å². The first-order valence-electron chi connectivity index (χ1n) is 11.7. The Hall–Kier alpha value is -3.17. The number of piperazine rings is 1. The standard InChI is InChI=1S/C26H30FN5O2S/c1-3-13-32-24(19-34-23-11-9-22(27)10-12-23)28-29-26(32)35-20(2)25(33)31-16-14-30(15-17-31)18-21-7-5-4-6-8-21/h3-12,20H,1,13-19H2,2H3. The molecule has 3 aromatic rings. The molecule has 1 atom stereocenters. The zero-order valence-electron chi connectivity index (χ0n) is 19.8. The molecule has 0 radical (unpaired) electrons. The van der Waals surface area contributed by atoms with Crippen molar-refractivity contribution < 1.29 is 13.9 Å². The van der Waals surface area contributed by atoms with Crippen molar-refractivity contribution in [2.45, 2.75) is 37.0 Å². The molecular formula is C26H30FN5O2S. The van der Waals surface area contributed by atoms with Crippen molar-refractivity contribution in [3.05, 3.63) is 84.5 Å². The van der Waals surface area contributed by atoms with Crippen LogP contribution in [0.1, 0.15) is 18.3 Å². The molecule has 35 heavy (non-hydrogen) atoms. The maximum Gasteiger partial charge on any atom is 0.235 e. The van der Waals surface area contributed by atoms with Crippen LogP contribution in [0.4, 0.5) is 4.39 Å². The second kappa shape index (κ2) is 12.0. The Morgan fingerprint density at radius 3 is 2.51 bits per heavy atom. The minimum atomic E-state index is -0.317. The first kappa shape index (κ1) is 24.9. The van der Waals surface area contributed by atoms with Crippen molar-refractivity contribution in [2.24, 2.45) is 0 Å². The van der Waals surface area contributed by atoms with Gasteiger partial charge in [-0.25, -0.2) is 4.39 Å². The summed E-state index contributed by atoms with van der Waals surface area (Å²) in [7, 11) is 0. The minimum absolute atomic E-state index is 0.103. The fraction of sp³-hybridized carbons (Fsp3) is 0.346. The lowest BCUT2D eigenvalue weighted by molar-refractivity contribution is -0.132. The number of thioether (sulfide) groups is 1. The highest BCUT2D eigenvalue weighted by atomic mass is 32.2. The summed E-state index contributed by atoms with van der Waals surface area (Å²) in [6.07, 6.45) is 1.76. The largest absolute Gasteiger partial charge is 0.486 e. The van der Waals surface area contributed by atoms with Gasteiger partial charge in [0.05, 0.1) is 5.25 Å². The SMILES string of the molecule is C=CCn1c(COc2ccc(F)cc2)nnc1SC(C)C(=O)N1CCN(Cc2ccccc2)CC1. The highest BCUT2D eigenvalue weighted by Gasteiger charge is 2.27. The van der Waals surface area contributed by atoms with Gasteiger partial charge in [0, 0.05) is 39.3 Å². The van der Waals surface area contributed by atoms with Crippen LogP contribution in [0.5, 0.6) is 5.75 Å². The summed E-state index contributed by atoms with van der Waals surface area (Å²) >= 11 is 1.39. The van der Waals surface area contributed by atoms with E-state index in [4.69, 9.17) is 4.74 Å². The van der Waals surface area contributed by atoms with Gasteiger partial charge in [0.15, 0.2) is 11.0 Å². The number of hydrogen-bond donors (Lipinski definition) is 0. The average Bonchev–Trinajstić information content (AvgIpc) is 3.25. The monoisotopic (exact) mass is 495 g/mol. The van der Waals surface area contributed by atoms with E-state index in [-0.39, 0.29) is 23.6 Å². The van der Waals surface area contributed by atoms with Gasteiger partial charge in [0.25, 0.3) is 0 Å². The molecule has 1 amide bonds. The average molecular weight is 496 g/mol. The van der Waals surface area contributed by atoms with E-state index in [0.29, 0.717) is 36.4 Å². The van der Waals surface area contributed by atoms with E-state index >= 15 is 0 Å². The summed E-state index contributed by atoms with van der Waals surface area (Å²) in [6.45, 7) is 10.5. The number of rotatable bonds is 10. The highest BCUT2D eigenvalue weighted by Crippen LogP contribution is 2.25. The number of allylic oxidation sites excluding steroid dienone is 1. The van der Waals surface area contributed by atoms with E-state index in [2.05, 4.69) is 45.9 Å². The van der Waals surface area contributed by atoms with Gasteiger partial charge in [0.1, 0.15) is 18.2 Å². The molecule has 0 spiro atoms. The van der Waals surface area contributed by atoms with E-state index in [1.54, 1.807) is 18.2 Å². The van der Waals surface area contributed by atoms with Gasteiger partial charge in [0.2, 0.25) is 5.91 Å². The molecule has 0 N–H and O–H groups in total. The molecule has 7 nitrogen and oxygen atoms in total. The Kier molecular flexibility index (Phi) is 8.54. The highest BCUT2D eigenvalue weighted by molar-refractivity contribution is 8.00. The lowest BCUT2D eigenvalue weighted by Gasteiger charge is -2.35. The van der Waals surface area contributed by atoms with Crippen molar-refractivity contribution in [3.8, 4) is 5.75 Å². The molecule has 0 saturated carbocycles. The Bertz CT molecular complexity index is 1110. The fourth-order valence-corrected chi connectivity index (χ4v) is 4.90. The van der Waals surface area contributed by atoms with Gasteiger partial charge in [-0.1, -0.05) is 48.2 Å². The van der Waals surface area contributed by atoms with E-state index < -0.39 is 0 Å². The molecule has 1 unspecified atom stereocenters. The Morgan fingerprint density at radius 1 is 1.11 bits per heavy atom. The van der Waals surface area contributed by atoms with Crippen LogP contribution >= 0.6 is 11.8 Å². The van der Waals surface area contributed by atoms with Gasteiger partial charge < -0.3 is 9.64 Å². The summed E-state index contributed by atoms with van der Waals surface area (Å²) in [5, 5.41) is 8.90. The van der Waals surface area contributed by atoms with Crippen LogP contribution < -0.4 is 4.74 Å². The third-order valence-corrected chi connectivity index (χ3v) is 6.92. The van der Waals surface area contributed by atoms with Gasteiger partial charge in [-0.3, -0.25) is 14.3 Å². The summed E-state index contributed by atoms with van der Waals surface area (Å²) in [5.74, 6) is 0.948. The molecule has 1 aliphatic rings. The Morgan fingerprint density at radius 2 is 1.83 bits per heavy atom. The quantitative estimate of drug-likeness (QED) is 0.313. The van der Waals surface area contributed by atoms with Crippen LogP contribution in [0.2, 0.25) is 0 Å². The topological polar surface area (TPSA) is 63.5 Å². The van der Waals surface area contributed by atoms with Gasteiger partial charge in [-0.15, -0.1) is 16.8 Å². The predicted molar refractivity (Wildman–Crippen MR) is 135 cm³/mol. The van der Waals surface area contributed by atoms with Crippen molar-refractivity contribution >= 4 is 17.7 Å². The number of amides is 1. The van der Waals surface area contributed by atoms with Crippen LogP contribution in [0.15, 0.2) is 72.4 Å². The van der Waals surface area contributed by atoms with E-state index in [0.717, 1.165) is 19.6 Å². The summed E-state index contributed by atoms with van der Waals surface area (Å²) < 4.78 is 20.7. The molecule has 2 aromatic carbocycles. The van der Waals surface area contributed by atoms with E-state index in [9.17, 15) is 9.18 Å². The molecule has 2 heterocycles. The van der Waals surface area contributed by atoms with Crippen LogP contribution in [0.25, 0.3) is 0 Å². The fourth-order valence-electron chi connectivity index (χ4n) is 3.94. The van der Waals surface area contributed by atoms with E-state index in [1.807, 2.05) is 22.5 Å². The first-order valence-corrected chi connectivity index (χ1v) is 12.5. The molecule has 0 aliphatic carbocycles. The van der Waals surface area contributed by atoms with E-state index in [1.165, 1.54) is 29.5 Å². The van der Waals surface area contributed by atoms with Crippen molar-refractivity contribution in [1.29, 1.82) is 0 Å². The smallest absolute Gasteiger partial charge is 0.235 e. The number of carbonyl (C=O) groups is 1. The molecule has 9 heteroatoms. The second-order valence-electron chi connectivity index (χ2n) is 8.39. The van der Waals surface area contributed by atoms with Gasteiger partial charge >= 0.3 is 0 Å². The molecule has 1 aromatic heterocycles. The summed E-state index contributed by atoms with van der Waals surface area (Å²) in [6, 6.07) is 16.2. The molecule has 0 bridgehead atoms. The molecule has 1 aliphatic heterocycles. The lowest BCUT2D eigenvalue weighted by atomic mass is 10.2. The third kappa shape index (κ3) is 6.70. The summed E-state index contributed by atoms with van der Waals surface area (Å²) in [5.41, 5.74) is 1.29. The zero-order chi connectivity index (χ0) is 24.6. The maximum absolute atomic E-state index is 13.1. The van der Waals surface area contributed by atoms with Crippen molar-refractivity contribution in [3.63, 3.8) is 0 Å². The zero-order valence-corrected chi connectivity index (χ0v) is 20.7. The van der Waals surface area contributed by atoms with Crippen molar-refractivity contribution in [2.75, 3.05) is 26.2 Å². The minimum Gasteiger partial charge on any atom is -0.486 e. The molecule has 1 fully saturated rings. The Balaban J connectivity index is 1.32. The third-order valence-electron chi connectivity index (χ3n) is 5.85. The number of carbonyl (C=O) groups excluding carboxylic acids is 1. The number of hydrogen-bond acceptors (Lipinski definition) is 6.